The number of furan rings is 1. The minimum atomic E-state index is -0.519. The van der Waals surface area contributed by atoms with E-state index in [0.717, 1.165) is 5.76 Å². The molecule has 27 heavy (non-hydrogen) atoms. The number of nitrogens with one attached hydrogen (secondary N) is 1. The molecule has 0 radical (unpaired) electrons. The number of amides is 1. The maximum atomic E-state index is 12.2. The molecule has 0 aliphatic rings. The summed E-state index contributed by atoms with van der Waals surface area (Å²) in [6.45, 7) is 1.23. The Morgan fingerprint density at radius 2 is 2.26 bits per heavy atom. The van der Waals surface area contributed by atoms with Crippen LogP contribution in [-0.2, 0) is 11.3 Å². The van der Waals surface area contributed by atoms with Gasteiger partial charge in [-0.3, -0.25) is 14.9 Å². The van der Waals surface area contributed by atoms with Crippen molar-refractivity contribution in [2.45, 2.75) is 13.0 Å². The number of carbonyl (C=O) groups excluding carboxylic acids is 1. The molecule has 0 fully saturated rings. The minimum absolute atomic E-state index is 0.164. The largest absolute Gasteiger partial charge is 0.467 e. The van der Waals surface area contributed by atoms with Crippen molar-refractivity contribution < 1.29 is 18.9 Å². The smallest absolute Gasteiger partial charge is 0.294 e. The summed E-state index contributed by atoms with van der Waals surface area (Å²) in [4.78, 5) is 26.9. The van der Waals surface area contributed by atoms with Crippen LogP contribution in [0.25, 0.3) is 5.69 Å². The van der Waals surface area contributed by atoms with Gasteiger partial charge in [-0.05, 0) is 30.7 Å². The van der Waals surface area contributed by atoms with Gasteiger partial charge in [0.1, 0.15) is 18.1 Å². The Labute approximate surface area is 154 Å². The van der Waals surface area contributed by atoms with Gasteiger partial charge < -0.3 is 19.0 Å². The lowest BCUT2D eigenvalue weighted by Crippen LogP contribution is -2.25. The molecule has 0 aliphatic carbocycles. The van der Waals surface area contributed by atoms with Gasteiger partial charge in [0.25, 0.3) is 11.6 Å². The van der Waals surface area contributed by atoms with Crippen LogP contribution in [0.5, 0.6) is 0 Å². The molecule has 3 aromatic rings. The lowest BCUT2D eigenvalue weighted by Gasteiger charge is -2.08. The molecule has 0 aliphatic heterocycles. The van der Waals surface area contributed by atoms with Gasteiger partial charge in [0.15, 0.2) is 0 Å². The summed E-state index contributed by atoms with van der Waals surface area (Å²) in [5.74, 6) is 0.366. The normalized spacial score (nSPS) is 10.7. The van der Waals surface area contributed by atoms with Gasteiger partial charge in [-0.25, -0.2) is 4.98 Å². The van der Waals surface area contributed by atoms with Gasteiger partial charge in [-0.2, -0.15) is 0 Å². The fourth-order valence-corrected chi connectivity index (χ4v) is 2.48. The third-order valence-electron chi connectivity index (χ3n) is 3.79. The van der Waals surface area contributed by atoms with E-state index in [-0.39, 0.29) is 17.2 Å². The highest BCUT2D eigenvalue weighted by atomic mass is 16.6. The van der Waals surface area contributed by atoms with Crippen LogP contribution >= 0.6 is 0 Å². The molecule has 9 nitrogen and oxygen atoms in total. The van der Waals surface area contributed by atoms with Crippen molar-refractivity contribution in [3.05, 3.63) is 76.8 Å². The molecule has 0 saturated heterocycles. The number of aromatic nitrogens is 2. The van der Waals surface area contributed by atoms with Crippen LogP contribution in [0.15, 0.2) is 59.7 Å². The Bertz CT molecular complexity index is 891. The molecular weight excluding hydrogens is 352 g/mol. The monoisotopic (exact) mass is 370 g/mol. The van der Waals surface area contributed by atoms with E-state index >= 15 is 0 Å². The Hall–Kier alpha value is -3.46. The molecular formula is C18H18N4O5. The second kappa shape index (κ2) is 8.77. The molecule has 1 aromatic carbocycles. The molecule has 140 valence electrons. The molecule has 3 rings (SSSR count). The van der Waals surface area contributed by atoms with Crippen molar-refractivity contribution in [1.29, 1.82) is 0 Å². The van der Waals surface area contributed by atoms with Crippen LogP contribution in [0.3, 0.4) is 0 Å². The van der Waals surface area contributed by atoms with Crippen LogP contribution in [0.4, 0.5) is 5.69 Å². The topological polar surface area (TPSA) is 112 Å². The van der Waals surface area contributed by atoms with Crippen LogP contribution in [0.1, 0.15) is 22.5 Å². The Morgan fingerprint density at radius 3 is 2.96 bits per heavy atom. The van der Waals surface area contributed by atoms with E-state index in [9.17, 15) is 14.9 Å². The minimum Gasteiger partial charge on any atom is -0.467 e. The van der Waals surface area contributed by atoms with Crippen molar-refractivity contribution in [2.24, 2.45) is 0 Å². The Morgan fingerprint density at radius 1 is 1.37 bits per heavy atom. The lowest BCUT2D eigenvalue weighted by molar-refractivity contribution is -0.384. The van der Waals surface area contributed by atoms with Crippen molar-refractivity contribution in [2.75, 3.05) is 13.2 Å². The lowest BCUT2D eigenvalue weighted by atomic mass is 10.1. The zero-order valence-electron chi connectivity index (χ0n) is 14.4. The summed E-state index contributed by atoms with van der Waals surface area (Å²) in [7, 11) is 0. The maximum absolute atomic E-state index is 12.2. The number of imidazole rings is 1. The molecule has 0 unspecified atom stereocenters. The van der Waals surface area contributed by atoms with E-state index < -0.39 is 4.92 Å². The van der Waals surface area contributed by atoms with E-state index in [1.165, 1.54) is 29.2 Å². The second-order valence-electron chi connectivity index (χ2n) is 5.67. The number of nitrogens with zero attached hydrogens (tertiary/aromatic N) is 3. The van der Waals surface area contributed by atoms with Crippen LogP contribution in [0.2, 0.25) is 0 Å². The van der Waals surface area contributed by atoms with Gasteiger partial charge in [-0.15, -0.1) is 0 Å². The van der Waals surface area contributed by atoms with E-state index in [0.29, 0.717) is 31.9 Å². The average Bonchev–Trinajstić information content (AvgIpc) is 3.37. The van der Waals surface area contributed by atoms with Gasteiger partial charge in [0.05, 0.1) is 17.5 Å². The molecule has 0 spiro atoms. The van der Waals surface area contributed by atoms with Crippen LogP contribution in [-0.4, -0.2) is 33.5 Å². The van der Waals surface area contributed by atoms with Gasteiger partial charge in [-0.1, -0.05) is 0 Å². The Kier molecular flexibility index (Phi) is 5.95. The summed E-state index contributed by atoms with van der Waals surface area (Å²) in [6, 6.07) is 7.95. The summed E-state index contributed by atoms with van der Waals surface area (Å²) >= 11 is 0. The van der Waals surface area contributed by atoms with E-state index in [1.807, 2.05) is 6.07 Å². The zero-order chi connectivity index (χ0) is 19.1. The average molecular weight is 370 g/mol. The molecule has 1 amide bonds. The van der Waals surface area contributed by atoms with Gasteiger partial charge in [0, 0.05) is 37.2 Å². The molecule has 1 N–H and O–H groups in total. The predicted molar refractivity (Wildman–Crippen MR) is 95.5 cm³/mol. The summed E-state index contributed by atoms with van der Waals surface area (Å²) < 4.78 is 12.1. The van der Waals surface area contributed by atoms with Crippen molar-refractivity contribution >= 4 is 11.6 Å². The van der Waals surface area contributed by atoms with E-state index in [2.05, 4.69) is 10.3 Å². The quantitative estimate of drug-likeness (QED) is 0.352. The maximum Gasteiger partial charge on any atom is 0.294 e. The first kappa shape index (κ1) is 18.3. The fraction of sp³-hybridized carbons (Fsp3) is 0.222. The van der Waals surface area contributed by atoms with E-state index in [1.54, 1.807) is 24.6 Å². The molecule has 9 heteroatoms. The Balaban J connectivity index is 1.52. The highest BCUT2D eigenvalue weighted by Crippen LogP contribution is 2.24. The SMILES string of the molecule is O=C(NCCCOCc1ccco1)c1ccc(-n2ccnc2)c([N+](=O)[O-])c1. The number of rotatable bonds is 9. The molecule has 0 saturated carbocycles. The summed E-state index contributed by atoms with van der Waals surface area (Å²) in [5, 5.41) is 14.1. The predicted octanol–water partition coefficient (Wildman–Crippen LogP) is 2.71. The number of benzene rings is 1. The van der Waals surface area contributed by atoms with Crippen LogP contribution < -0.4 is 5.32 Å². The molecule has 0 bridgehead atoms. The second-order valence-corrected chi connectivity index (χ2v) is 5.67. The third kappa shape index (κ3) is 4.79. The van der Waals surface area contributed by atoms with Crippen LogP contribution in [0, 0.1) is 10.1 Å². The third-order valence-corrected chi connectivity index (χ3v) is 3.79. The number of hydrogen-bond acceptors (Lipinski definition) is 6. The zero-order valence-corrected chi connectivity index (χ0v) is 14.4. The first-order valence-electron chi connectivity index (χ1n) is 8.30. The molecule has 2 aromatic heterocycles. The summed E-state index contributed by atoms with van der Waals surface area (Å²) in [5.41, 5.74) is 0.407. The molecule has 2 heterocycles. The highest BCUT2D eigenvalue weighted by molar-refractivity contribution is 5.95. The van der Waals surface area contributed by atoms with Crippen molar-refractivity contribution in [1.82, 2.24) is 14.9 Å². The highest BCUT2D eigenvalue weighted by Gasteiger charge is 2.18. The number of carbonyl (C=O) groups is 1. The first-order valence-corrected chi connectivity index (χ1v) is 8.30. The number of nitro benzene ring substituents is 1. The van der Waals surface area contributed by atoms with Crippen molar-refractivity contribution in [3.8, 4) is 5.69 Å². The number of nitro groups is 1. The number of hydrogen-bond donors (Lipinski definition) is 1. The first-order chi connectivity index (χ1) is 13.1. The summed E-state index contributed by atoms with van der Waals surface area (Å²) in [6.07, 6.45) is 6.78. The van der Waals surface area contributed by atoms with Gasteiger partial charge >= 0.3 is 0 Å². The molecule has 0 atom stereocenters. The number of ether oxygens (including phenoxy) is 1. The standard InChI is InChI=1S/C18H18N4O5/c23-18(20-6-2-9-26-12-15-3-1-10-27-15)14-4-5-16(17(11-14)22(24)25)21-8-7-19-13-21/h1,3-5,7-8,10-11,13H,2,6,9,12H2,(H,20,23). The van der Waals surface area contributed by atoms with E-state index in [4.69, 9.17) is 9.15 Å². The van der Waals surface area contributed by atoms with Crippen molar-refractivity contribution in [3.63, 3.8) is 0 Å². The van der Waals surface area contributed by atoms with Gasteiger partial charge in [0.2, 0.25) is 0 Å². The fourth-order valence-electron chi connectivity index (χ4n) is 2.48.